The fourth-order valence-electron chi connectivity index (χ4n) is 12.4. The average Bonchev–Trinajstić information content (AvgIpc) is 1.57. The number of benzene rings is 17. The molecule has 0 unspecified atom stereocenters. The molecule has 0 spiro atoms. The lowest BCUT2D eigenvalue weighted by Gasteiger charge is -2.10. The van der Waals surface area contributed by atoms with E-state index in [4.69, 9.17) is 21.5 Å². The maximum atomic E-state index is 8.94. The molecule has 0 aliphatic rings. The van der Waals surface area contributed by atoms with Gasteiger partial charge in [-0.25, -0.2) is 0 Å². The van der Waals surface area contributed by atoms with Gasteiger partial charge in [0.25, 0.3) is 0 Å². The number of fused-ring (bicyclic) bond motifs is 8. The predicted octanol–water partition coefficient (Wildman–Crippen LogP) is 25.4. The molecule has 18 rings (SSSR count). The first-order valence-corrected chi connectivity index (χ1v) is 36.5. The molecular formula is C94H72BBr3N4O2. The second-order valence-electron chi connectivity index (χ2n) is 24.8. The summed E-state index contributed by atoms with van der Waals surface area (Å²) in [5.41, 5.74) is 29.0. The van der Waals surface area contributed by atoms with E-state index in [1.807, 2.05) is 78.9 Å². The Kier molecular flexibility index (Phi) is 23.4. The molecule has 0 aliphatic carbocycles. The first-order chi connectivity index (χ1) is 50.9. The standard InChI is InChI=1S/C28H21N.C22H14BrN.C16H13N.C12H9Br.C10H9BO2.C6H6BrN/c1-2-6-21(7-3-1)23-12-16-27(17-13-23)29-28-18-14-24(15-19-28)26-11-10-22-8-4-5-9-25(22)20-26;23-16-12-10-15-11-13-19-18-8-4-5-9-21(18)24(22(19)20(15)14-16)17-6-2-1-3-7-17;17-16-9-7-13(8-10-16)15-6-5-12-3-1-2-4-14(12)11-15;13-12-8-6-11(7-9-12)10-4-2-1-3-5-10;12-11(13)10-6-5-8-3-1-2-4-9(8)7-10;7-5-1-3-6(8)4-2-5/h1-20,29H;1-14H;1-11H,17H2;1-9H;1-7,12-13H;1-4H,8H2. The van der Waals surface area contributed by atoms with Crippen LogP contribution in [0.4, 0.5) is 22.7 Å². The number of aromatic nitrogens is 1. The van der Waals surface area contributed by atoms with E-state index in [0.29, 0.717) is 5.46 Å². The smallest absolute Gasteiger partial charge is 0.423 e. The van der Waals surface area contributed by atoms with Crippen LogP contribution in [0.1, 0.15) is 0 Å². The fraction of sp³-hybridized carbons (Fsp3) is 0. The molecular weight excluding hydrogens is 1470 g/mol. The number of hydrogen-bond acceptors (Lipinski definition) is 5. The van der Waals surface area contributed by atoms with Crippen molar-refractivity contribution in [1.29, 1.82) is 0 Å². The number of nitrogens with two attached hydrogens (primary N) is 2. The largest absolute Gasteiger partial charge is 0.488 e. The highest BCUT2D eigenvalue weighted by Crippen LogP contribution is 2.38. The monoisotopic (exact) mass is 1540 g/mol. The van der Waals surface area contributed by atoms with Crippen molar-refractivity contribution in [2.24, 2.45) is 0 Å². The minimum absolute atomic E-state index is 0.527. The molecule has 6 nitrogen and oxygen atoms in total. The quantitative estimate of drug-likeness (QED) is 0.0769. The van der Waals surface area contributed by atoms with E-state index >= 15 is 0 Å². The number of halogens is 3. The first-order valence-electron chi connectivity index (χ1n) is 34.1. The van der Waals surface area contributed by atoms with E-state index in [-0.39, 0.29) is 0 Å². The van der Waals surface area contributed by atoms with Crippen molar-refractivity contribution in [3.05, 3.63) is 408 Å². The second kappa shape index (κ2) is 34.4. The van der Waals surface area contributed by atoms with Crippen molar-refractivity contribution in [3.8, 4) is 50.2 Å². The number of anilines is 4. The van der Waals surface area contributed by atoms with Crippen LogP contribution in [0, 0.1) is 0 Å². The van der Waals surface area contributed by atoms with Gasteiger partial charge in [0.1, 0.15) is 0 Å². The third-order valence-corrected chi connectivity index (χ3v) is 19.3. The van der Waals surface area contributed by atoms with Crippen molar-refractivity contribution in [1.82, 2.24) is 4.57 Å². The summed E-state index contributed by atoms with van der Waals surface area (Å²) in [6.45, 7) is 0. The Bertz CT molecular complexity index is 5810. The molecule has 0 radical (unpaired) electrons. The number of nitrogens with zero attached hydrogens (tertiary/aromatic N) is 1. The Hall–Kier alpha value is -11.6. The zero-order valence-electron chi connectivity index (χ0n) is 56.7. The van der Waals surface area contributed by atoms with Gasteiger partial charge < -0.3 is 31.4 Å². The molecule has 0 saturated heterocycles. The van der Waals surface area contributed by atoms with Crippen LogP contribution in [0.3, 0.4) is 0 Å². The molecule has 0 fully saturated rings. The summed E-state index contributed by atoms with van der Waals surface area (Å²) in [7, 11) is -1.38. The van der Waals surface area contributed by atoms with Gasteiger partial charge in [-0.15, -0.1) is 0 Å². The van der Waals surface area contributed by atoms with Crippen molar-refractivity contribution in [2.45, 2.75) is 0 Å². The Morgan fingerprint density at radius 1 is 0.260 bits per heavy atom. The van der Waals surface area contributed by atoms with Crippen LogP contribution in [0.5, 0.6) is 0 Å². The first kappa shape index (κ1) is 70.8. The molecule has 504 valence electrons. The summed E-state index contributed by atoms with van der Waals surface area (Å²) in [5, 5.41) is 33.7. The fourth-order valence-corrected chi connectivity index (χ4v) is 13.3. The Morgan fingerprint density at radius 2 is 0.606 bits per heavy atom. The van der Waals surface area contributed by atoms with Crippen molar-refractivity contribution in [2.75, 3.05) is 16.8 Å². The van der Waals surface area contributed by atoms with Crippen LogP contribution in [-0.4, -0.2) is 21.7 Å². The molecule has 0 saturated carbocycles. The SMILES string of the molecule is Brc1ccc(-c2ccccc2)cc1.Brc1ccc2ccc3c4ccccc4n(-c4ccccc4)c3c2c1.Nc1ccc(-c2ccc3ccccc3c2)cc1.Nc1ccc(Br)cc1.OB(O)c1ccc2ccccc2c1.c1ccc(-c2ccc(Nc3ccc(-c4ccc5ccccc5c4)cc3)cc2)cc1. The third kappa shape index (κ3) is 18.2. The number of rotatable bonds is 8. The van der Waals surface area contributed by atoms with Gasteiger partial charge in [0.2, 0.25) is 0 Å². The van der Waals surface area contributed by atoms with Crippen molar-refractivity contribution >= 4 is 148 Å². The Morgan fingerprint density at radius 3 is 1.10 bits per heavy atom. The predicted molar refractivity (Wildman–Crippen MR) is 456 cm³/mol. The topological polar surface area (TPSA) is 109 Å². The van der Waals surface area contributed by atoms with Crippen LogP contribution >= 0.6 is 47.8 Å². The van der Waals surface area contributed by atoms with Crippen LogP contribution < -0.4 is 22.2 Å². The molecule has 0 amide bonds. The van der Waals surface area contributed by atoms with E-state index < -0.39 is 7.12 Å². The van der Waals surface area contributed by atoms with Crippen molar-refractivity contribution < 1.29 is 10.0 Å². The lowest BCUT2D eigenvalue weighted by Crippen LogP contribution is -2.29. The zero-order chi connectivity index (χ0) is 71.6. The van der Waals surface area contributed by atoms with Gasteiger partial charge in [0.05, 0.1) is 11.0 Å². The molecule has 10 heteroatoms. The third-order valence-electron chi connectivity index (χ3n) is 17.8. The van der Waals surface area contributed by atoms with E-state index in [1.54, 1.807) is 12.1 Å². The van der Waals surface area contributed by atoms with E-state index in [1.165, 1.54) is 104 Å². The highest BCUT2D eigenvalue weighted by molar-refractivity contribution is 9.11. The average molecular weight is 1540 g/mol. The number of para-hydroxylation sites is 2. The van der Waals surface area contributed by atoms with Gasteiger partial charge in [0.15, 0.2) is 0 Å². The lowest BCUT2D eigenvalue weighted by atomic mass is 9.79. The van der Waals surface area contributed by atoms with E-state index in [2.05, 4.69) is 361 Å². The van der Waals surface area contributed by atoms with E-state index in [0.717, 1.165) is 46.9 Å². The molecule has 104 heavy (non-hydrogen) atoms. The maximum Gasteiger partial charge on any atom is 0.488 e. The molecule has 7 N–H and O–H groups in total. The summed E-state index contributed by atoms with van der Waals surface area (Å²) >= 11 is 10.3. The molecule has 1 aromatic heterocycles. The summed E-state index contributed by atoms with van der Waals surface area (Å²) in [6.07, 6.45) is 0. The highest BCUT2D eigenvalue weighted by Gasteiger charge is 2.15. The second-order valence-corrected chi connectivity index (χ2v) is 27.6. The maximum absolute atomic E-state index is 8.94. The molecule has 18 aromatic rings. The number of nitrogen functional groups attached to an aromatic ring is 2. The molecule has 17 aromatic carbocycles. The number of hydrogen-bond donors (Lipinski definition) is 5. The zero-order valence-corrected chi connectivity index (χ0v) is 61.5. The lowest BCUT2D eigenvalue weighted by molar-refractivity contribution is 0.426. The van der Waals surface area contributed by atoms with Gasteiger partial charge >= 0.3 is 7.12 Å². The molecule has 1 heterocycles. The van der Waals surface area contributed by atoms with Crippen LogP contribution in [0.25, 0.3) is 115 Å². The van der Waals surface area contributed by atoms with Crippen molar-refractivity contribution in [3.63, 3.8) is 0 Å². The minimum Gasteiger partial charge on any atom is -0.423 e. The summed E-state index contributed by atoms with van der Waals surface area (Å²) in [6, 6.07) is 135. The summed E-state index contributed by atoms with van der Waals surface area (Å²) in [4.78, 5) is 0. The van der Waals surface area contributed by atoms with Crippen LogP contribution in [-0.2, 0) is 0 Å². The van der Waals surface area contributed by atoms with Gasteiger partial charge in [0, 0.05) is 58.0 Å². The molecule has 0 atom stereocenters. The normalized spacial score (nSPS) is 10.6. The Balaban J connectivity index is 0.000000116. The van der Waals surface area contributed by atoms with Gasteiger partial charge in [-0.2, -0.15) is 0 Å². The molecule has 0 aliphatic heterocycles. The van der Waals surface area contributed by atoms with Gasteiger partial charge in [-0.1, -0.05) is 327 Å². The molecule has 0 bridgehead atoms. The number of nitrogens with one attached hydrogen (secondary N) is 1. The van der Waals surface area contributed by atoms with Crippen LogP contribution in [0.15, 0.2) is 408 Å². The minimum atomic E-state index is -1.38. The Labute approximate surface area is 632 Å². The van der Waals surface area contributed by atoms with E-state index in [9.17, 15) is 0 Å². The summed E-state index contributed by atoms with van der Waals surface area (Å²) < 4.78 is 5.66. The summed E-state index contributed by atoms with van der Waals surface area (Å²) in [5.74, 6) is 0. The van der Waals surface area contributed by atoms with Crippen LogP contribution in [0.2, 0.25) is 0 Å². The highest BCUT2D eigenvalue weighted by atomic mass is 79.9. The van der Waals surface area contributed by atoms with Gasteiger partial charge in [-0.05, 0) is 203 Å². The van der Waals surface area contributed by atoms with Gasteiger partial charge in [-0.3, -0.25) is 0 Å².